The molecule has 2 aromatic rings. The van der Waals surface area contributed by atoms with Crippen molar-refractivity contribution in [2.45, 2.75) is 52.9 Å². The molecule has 0 amide bonds. The van der Waals surface area contributed by atoms with Crippen molar-refractivity contribution in [3.63, 3.8) is 0 Å². The van der Waals surface area contributed by atoms with Gasteiger partial charge < -0.3 is 10.1 Å². The van der Waals surface area contributed by atoms with Crippen molar-refractivity contribution >= 4 is 21.4 Å². The first-order chi connectivity index (χ1) is 9.57. The topological polar surface area (TPSA) is 21.3 Å². The fourth-order valence-electron chi connectivity index (χ4n) is 2.06. The molecule has 0 fully saturated rings. The smallest absolute Gasteiger partial charge is 0.0741 e. The van der Waals surface area contributed by atoms with E-state index in [1.807, 2.05) is 11.3 Å². The Morgan fingerprint density at radius 1 is 1.20 bits per heavy atom. The van der Waals surface area contributed by atoms with Crippen LogP contribution < -0.4 is 5.32 Å². The minimum absolute atomic E-state index is 0.0570. The van der Waals surface area contributed by atoms with E-state index >= 15 is 0 Å². The van der Waals surface area contributed by atoms with Gasteiger partial charge in [0.05, 0.1) is 12.2 Å². The lowest BCUT2D eigenvalue weighted by molar-refractivity contribution is -0.0312. The molecule has 0 spiro atoms. The highest BCUT2D eigenvalue weighted by atomic mass is 32.1. The van der Waals surface area contributed by atoms with Gasteiger partial charge in [0.15, 0.2) is 0 Å². The number of ether oxygens (including phenoxy) is 1. The van der Waals surface area contributed by atoms with Crippen molar-refractivity contribution in [3.05, 3.63) is 34.7 Å². The number of fused-ring (bicyclic) bond motifs is 1. The maximum absolute atomic E-state index is 6.13. The molecule has 110 valence electrons. The fourth-order valence-corrected chi connectivity index (χ4v) is 3.24. The Labute approximate surface area is 126 Å². The summed E-state index contributed by atoms with van der Waals surface area (Å²) in [6.45, 7) is 11.3. The van der Waals surface area contributed by atoms with Gasteiger partial charge in [-0.15, -0.1) is 11.3 Å². The van der Waals surface area contributed by atoms with Crippen LogP contribution in [0.15, 0.2) is 24.3 Å². The Morgan fingerprint density at radius 2 is 1.95 bits per heavy atom. The van der Waals surface area contributed by atoms with E-state index in [4.69, 9.17) is 4.74 Å². The summed E-state index contributed by atoms with van der Waals surface area (Å²) in [4.78, 5) is 1.40. The molecule has 2 rings (SSSR count). The van der Waals surface area contributed by atoms with E-state index in [1.54, 1.807) is 0 Å². The van der Waals surface area contributed by atoms with Gasteiger partial charge in [-0.25, -0.2) is 0 Å². The monoisotopic (exact) mass is 291 g/mol. The molecule has 0 radical (unpaired) electrons. The summed E-state index contributed by atoms with van der Waals surface area (Å²) in [6, 6.07) is 8.62. The number of thiophene rings is 1. The van der Waals surface area contributed by atoms with Gasteiger partial charge in [-0.1, -0.05) is 32.0 Å². The zero-order valence-corrected chi connectivity index (χ0v) is 13.8. The van der Waals surface area contributed by atoms with Crippen LogP contribution in [0, 0.1) is 0 Å². The first-order valence-corrected chi connectivity index (χ1v) is 8.23. The van der Waals surface area contributed by atoms with Gasteiger partial charge >= 0.3 is 0 Å². The summed E-state index contributed by atoms with van der Waals surface area (Å²) in [6.07, 6.45) is 1.03. The number of hydrogen-bond acceptors (Lipinski definition) is 3. The summed E-state index contributed by atoms with van der Waals surface area (Å²) >= 11 is 1.88. The number of hydrogen-bond donors (Lipinski definition) is 1. The molecule has 1 aromatic heterocycles. The average molecular weight is 291 g/mol. The van der Waals surface area contributed by atoms with Gasteiger partial charge in [0.1, 0.15) is 0 Å². The second-order valence-corrected chi connectivity index (χ2v) is 6.82. The van der Waals surface area contributed by atoms with Crippen molar-refractivity contribution in [2.75, 3.05) is 6.54 Å². The molecule has 0 unspecified atom stereocenters. The lowest BCUT2D eigenvalue weighted by Crippen LogP contribution is -2.23. The summed E-state index contributed by atoms with van der Waals surface area (Å²) in [7, 11) is 0. The zero-order chi connectivity index (χ0) is 14.6. The molecule has 0 bridgehead atoms. The van der Waals surface area contributed by atoms with E-state index < -0.39 is 0 Å². The van der Waals surface area contributed by atoms with Gasteiger partial charge in [0, 0.05) is 21.7 Å². The molecular formula is C17H25NOS. The van der Waals surface area contributed by atoms with Crippen LogP contribution in [0.3, 0.4) is 0 Å². The Morgan fingerprint density at radius 3 is 2.65 bits per heavy atom. The van der Waals surface area contributed by atoms with E-state index in [-0.39, 0.29) is 5.60 Å². The van der Waals surface area contributed by atoms with Gasteiger partial charge in [-0.3, -0.25) is 0 Å². The van der Waals surface area contributed by atoms with Crippen molar-refractivity contribution in [2.24, 2.45) is 0 Å². The molecule has 3 heteroatoms. The molecule has 0 atom stereocenters. The summed E-state index contributed by atoms with van der Waals surface area (Å²) in [5, 5.41) is 4.78. The zero-order valence-electron chi connectivity index (χ0n) is 13.0. The van der Waals surface area contributed by atoms with Crippen molar-refractivity contribution in [1.82, 2.24) is 5.32 Å². The number of benzene rings is 1. The third-order valence-corrected chi connectivity index (χ3v) is 4.99. The van der Waals surface area contributed by atoms with Crippen LogP contribution in [0.2, 0.25) is 0 Å². The highest BCUT2D eigenvalue weighted by Gasteiger charge is 2.18. The van der Waals surface area contributed by atoms with Crippen LogP contribution in [0.25, 0.3) is 10.1 Å². The van der Waals surface area contributed by atoms with Crippen LogP contribution >= 0.6 is 11.3 Å². The molecule has 0 aliphatic carbocycles. The predicted molar refractivity (Wildman–Crippen MR) is 88.4 cm³/mol. The van der Waals surface area contributed by atoms with Crippen molar-refractivity contribution in [1.29, 1.82) is 0 Å². The van der Waals surface area contributed by atoms with Crippen LogP contribution in [0.4, 0.5) is 0 Å². The molecule has 1 N–H and O–H groups in total. The molecule has 0 aliphatic rings. The van der Waals surface area contributed by atoms with Crippen LogP contribution in [0.5, 0.6) is 0 Å². The van der Waals surface area contributed by atoms with Gasteiger partial charge in [-0.05, 0) is 38.3 Å². The summed E-state index contributed by atoms with van der Waals surface area (Å²) in [5.41, 5.74) is 1.30. The SMILES string of the molecule is CCNCc1sc2ccccc2c1COC(C)(C)CC. The average Bonchev–Trinajstić information content (AvgIpc) is 2.80. The standard InChI is InChI=1S/C17H25NOS/c1-5-17(3,4)19-12-14-13-9-7-8-10-15(13)20-16(14)11-18-6-2/h7-10,18H,5-6,11-12H2,1-4H3. The molecule has 1 heterocycles. The second-order valence-electron chi connectivity index (χ2n) is 5.68. The van der Waals surface area contributed by atoms with Gasteiger partial charge in [0.2, 0.25) is 0 Å². The van der Waals surface area contributed by atoms with E-state index in [1.165, 1.54) is 20.5 Å². The van der Waals surface area contributed by atoms with E-state index in [2.05, 4.69) is 57.3 Å². The molecule has 2 nitrogen and oxygen atoms in total. The van der Waals surface area contributed by atoms with Gasteiger partial charge in [0.25, 0.3) is 0 Å². The lowest BCUT2D eigenvalue weighted by Gasteiger charge is -2.23. The van der Waals surface area contributed by atoms with Crippen LogP contribution in [0.1, 0.15) is 44.6 Å². The predicted octanol–water partition coefficient (Wildman–Crippen LogP) is 4.72. The Hall–Kier alpha value is -0.900. The Kier molecular flexibility index (Phi) is 5.19. The maximum atomic E-state index is 6.13. The first-order valence-electron chi connectivity index (χ1n) is 7.41. The second kappa shape index (κ2) is 6.70. The third kappa shape index (κ3) is 3.60. The first kappa shape index (κ1) is 15.5. The largest absolute Gasteiger partial charge is 0.371 e. The number of nitrogens with one attached hydrogen (secondary N) is 1. The molecule has 0 saturated carbocycles. The third-order valence-electron chi connectivity index (χ3n) is 3.78. The summed E-state index contributed by atoms with van der Waals surface area (Å²) in [5.74, 6) is 0. The highest BCUT2D eigenvalue weighted by molar-refractivity contribution is 7.19. The van der Waals surface area contributed by atoms with E-state index in [0.717, 1.165) is 19.5 Å². The maximum Gasteiger partial charge on any atom is 0.0741 e. The normalized spacial score (nSPS) is 12.2. The molecule has 20 heavy (non-hydrogen) atoms. The quantitative estimate of drug-likeness (QED) is 0.797. The summed E-state index contributed by atoms with van der Waals surface area (Å²) < 4.78 is 7.49. The fraction of sp³-hybridized carbons (Fsp3) is 0.529. The lowest BCUT2D eigenvalue weighted by atomic mass is 10.1. The van der Waals surface area contributed by atoms with Crippen LogP contribution in [-0.4, -0.2) is 12.1 Å². The molecule has 0 aliphatic heterocycles. The molecule has 1 aromatic carbocycles. The van der Waals surface area contributed by atoms with E-state index in [9.17, 15) is 0 Å². The van der Waals surface area contributed by atoms with E-state index in [0.29, 0.717) is 6.61 Å². The van der Waals surface area contributed by atoms with Crippen molar-refractivity contribution in [3.8, 4) is 0 Å². The van der Waals surface area contributed by atoms with Crippen LogP contribution in [-0.2, 0) is 17.9 Å². The minimum Gasteiger partial charge on any atom is -0.371 e. The number of rotatable bonds is 7. The van der Waals surface area contributed by atoms with Gasteiger partial charge in [-0.2, -0.15) is 0 Å². The highest BCUT2D eigenvalue weighted by Crippen LogP contribution is 2.33. The molecule has 0 saturated heterocycles. The Balaban J connectivity index is 2.28. The molecular weight excluding hydrogens is 266 g/mol. The van der Waals surface area contributed by atoms with Crippen molar-refractivity contribution < 1.29 is 4.74 Å². The minimum atomic E-state index is -0.0570. The Bertz CT molecular complexity index is 559.